The summed E-state index contributed by atoms with van der Waals surface area (Å²) in [6.45, 7) is 11.1. The van der Waals surface area contributed by atoms with Crippen LogP contribution in [0.4, 0.5) is 0 Å². The molecule has 1 atom stereocenters. The summed E-state index contributed by atoms with van der Waals surface area (Å²) < 4.78 is 5.59. The van der Waals surface area contributed by atoms with Gasteiger partial charge in [-0.25, -0.2) is 0 Å². The van der Waals surface area contributed by atoms with Crippen molar-refractivity contribution in [1.29, 1.82) is 0 Å². The normalized spacial score (nSPS) is 12.7. The average Bonchev–Trinajstić information content (AvgIpc) is 2.18. The van der Waals surface area contributed by atoms with Gasteiger partial charge in [0, 0.05) is 0 Å². The van der Waals surface area contributed by atoms with Gasteiger partial charge in [0.2, 0.25) is 0 Å². The third-order valence-corrected chi connectivity index (χ3v) is 2.12. The summed E-state index contributed by atoms with van der Waals surface area (Å²) in [6.07, 6.45) is 6.81. The molecular weight excluding hydrogens is 174 g/mol. The highest BCUT2D eigenvalue weighted by Crippen LogP contribution is 2.01. The highest BCUT2D eigenvalue weighted by atomic mass is 16.5. The number of hydrogen-bond acceptors (Lipinski definition) is 2. The fourth-order valence-corrected chi connectivity index (χ4v) is 1.25. The molecule has 0 fully saturated rings. The van der Waals surface area contributed by atoms with E-state index in [4.69, 9.17) is 4.74 Å². The van der Waals surface area contributed by atoms with Crippen molar-refractivity contribution in [3.05, 3.63) is 12.7 Å². The van der Waals surface area contributed by atoms with E-state index in [1.54, 1.807) is 0 Å². The summed E-state index contributed by atoms with van der Waals surface area (Å²) in [5.74, 6) is 0. The first-order valence-electron chi connectivity index (χ1n) is 5.74. The van der Waals surface area contributed by atoms with Crippen LogP contribution in [-0.4, -0.2) is 25.8 Å². The third kappa shape index (κ3) is 9.75. The fraction of sp³-hybridized carbons (Fsp3) is 0.833. The molecule has 0 heterocycles. The molecular formula is C12H25NO. The first-order chi connectivity index (χ1) is 6.81. The SMILES string of the molecule is C=CCCOC(C)CCCNCCC. The standard InChI is InChI=1S/C12H25NO/c1-4-6-11-14-12(3)8-7-10-13-9-5-2/h4,12-13H,1,5-11H2,2-3H3. The molecule has 2 nitrogen and oxygen atoms in total. The van der Waals surface area contributed by atoms with E-state index < -0.39 is 0 Å². The van der Waals surface area contributed by atoms with Gasteiger partial charge in [0.25, 0.3) is 0 Å². The van der Waals surface area contributed by atoms with E-state index in [-0.39, 0.29) is 0 Å². The van der Waals surface area contributed by atoms with Gasteiger partial charge in [-0.1, -0.05) is 13.0 Å². The largest absolute Gasteiger partial charge is 0.378 e. The Morgan fingerprint density at radius 2 is 2.21 bits per heavy atom. The van der Waals surface area contributed by atoms with Gasteiger partial charge in [-0.2, -0.15) is 0 Å². The van der Waals surface area contributed by atoms with E-state index in [2.05, 4.69) is 25.7 Å². The molecule has 84 valence electrons. The van der Waals surface area contributed by atoms with Crippen LogP contribution < -0.4 is 5.32 Å². The Kier molecular flexibility index (Phi) is 10.5. The van der Waals surface area contributed by atoms with Crippen LogP contribution in [0.2, 0.25) is 0 Å². The lowest BCUT2D eigenvalue weighted by atomic mass is 10.2. The van der Waals surface area contributed by atoms with Crippen molar-refractivity contribution >= 4 is 0 Å². The van der Waals surface area contributed by atoms with Crippen molar-refractivity contribution in [3.8, 4) is 0 Å². The number of ether oxygens (including phenoxy) is 1. The van der Waals surface area contributed by atoms with Crippen LogP contribution in [0.3, 0.4) is 0 Å². The molecule has 0 aromatic heterocycles. The zero-order chi connectivity index (χ0) is 10.6. The molecule has 0 saturated heterocycles. The van der Waals surface area contributed by atoms with Gasteiger partial charge < -0.3 is 10.1 Å². The second kappa shape index (κ2) is 10.7. The van der Waals surface area contributed by atoms with Gasteiger partial charge >= 0.3 is 0 Å². The molecule has 1 unspecified atom stereocenters. The topological polar surface area (TPSA) is 21.3 Å². The van der Waals surface area contributed by atoms with Gasteiger partial charge in [-0.15, -0.1) is 6.58 Å². The molecule has 0 aromatic carbocycles. The van der Waals surface area contributed by atoms with Crippen LogP contribution >= 0.6 is 0 Å². The number of rotatable bonds is 10. The molecule has 0 aliphatic carbocycles. The van der Waals surface area contributed by atoms with Crippen molar-refractivity contribution in [1.82, 2.24) is 5.32 Å². The van der Waals surface area contributed by atoms with E-state index in [1.165, 1.54) is 12.8 Å². The van der Waals surface area contributed by atoms with Crippen molar-refractivity contribution in [3.63, 3.8) is 0 Å². The molecule has 0 aliphatic rings. The highest BCUT2D eigenvalue weighted by Gasteiger charge is 2.00. The second-order valence-corrected chi connectivity index (χ2v) is 3.65. The summed E-state index contributed by atoms with van der Waals surface area (Å²) in [4.78, 5) is 0. The molecule has 0 saturated carbocycles. The van der Waals surface area contributed by atoms with Gasteiger partial charge in [0.05, 0.1) is 12.7 Å². The summed E-state index contributed by atoms with van der Waals surface area (Å²) in [6, 6.07) is 0. The zero-order valence-electron chi connectivity index (χ0n) is 9.72. The summed E-state index contributed by atoms with van der Waals surface area (Å²) in [5, 5.41) is 3.39. The third-order valence-electron chi connectivity index (χ3n) is 2.12. The smallest absolute Gasteiger partial charge is 0.0547 e. The molecule has 0 bridgehead atoms. The van der Waals surface area contributed by atoms with Crippen molar-refractivity contribution < 1.29 is 4.74 Å². The molecule has 14 heavy (non-hydrogen) atoms. The monoisotopic (exact) mass is 199 g/mol. The Morgan fingerprint density at radius 1 is 1.43 bits per heavy atom. The fourth-order valence-electron chi connectivity index (χ4n) is 1.25. The van der Waals surface area contributed by atoms with Crippen molar-refractivity contribution in [2.24, 2.45) is 0 Å². The van der Waals surface area contributed by atoms with Crippen LogP contribution in [0.25, 0.3) is 0 Å². The molecule has 0 aliphatic heterocycles. The molecule has 0 amide bonds. The lowest BCUT2D eigenvalue weighted by Gasteiger charge is -2.12. The maximum atomic E-state index is 5.59. The molecule has 0 radical (unpaired) electrons. The molecule has 0 rings (SSSR count). The predicted octanol–water partition coefficient (Wildman–Crippen LogP) is 2.75. The zero-order valence-corrected chi connectivity index (χ0v) is 9.72. The summed E-state index contributed by atoms with van der Waals surface area (Å²) in [7, 11) is 0. The van der Waals surface area contributed by atoms with Crippen LogP contribution in [-0.2, 0) is 4.74 Å². The number of hydrogen-bond donors (Lipinski definition) is 1. The van der Waals surface area contributed by atoms with Crippen LogP contribution in [0.5, 0.6) is 0 Å². The quantitative estimate of drug-likeness (QED) is 0.431. The van der Waals surface area contributed by atoms with Gasteiger partial charge in [0.1, 0.15) is 0 Å². The Bertz CT molecular complexity index is 125. The molecule has 2 heteroatoms. The highest BCUT2D eigenvalue weighted by molar-refractivity contribution is 4.65. The molecule has 0 spiro atoms. The van der Waals surface area contributed by atoms with E-state index >= 15 is 0 Å². The maximum Gasteiger partial charge on any atom is 0.0547 e. The predicted molar refractivity (Wildman–Crippen MR) is 62.6 cm³/mol. The minimum Gasteiger partial charge on any atom is -0.378 e. The van der Waals surface area contributed by atoms with E-state index in [9.17, 15) is 0 Å². The lowest BCUT2D eigenvalue weighted by Crippen LogP contribution is -2.18. The minimum atomic E-state index is 0.387. The maximum absolute atomic E-state index is 5.59. The first-order valence-corrected chi connectivity index (χ1v) is 5.74. The number of nitrogens with one attached hydrogen (secondary N) is 1. The van der Waals surface area contributed by atoms with Crippen LogP contribution in [0.15, 0.2) is 12.7 Å². The Balaban J connectivity index is 3.09. The van der Waals surface area contributed by atoms with Crippen molar-refractivity contribution in [2.75, 3.05) is 19.7 Å². The second-order valence-electron chi connectivity index (χ2n) is 3.65. The average molecular weight is 199 g/mol. The summed E-state index contributed by atoms with van der Waals surface area (Å²) in [5.41, 5.74) is 0. The minimum absolute atomic E-state index is 0.387. The first kappa shape index (κ1) is 13.7. The van der Waals surface area contributed by atoms with Crippen LogP contribution in [0.1, 0.15) is 39.5 Å². The van der Waals surface area contributed by atoms with Gasteiger partial charge in [-0.05, 0) is 45.7 Å². The van der Waals surface area contributed by atoms with E-state index in [0.717, 1.165) is 32.5 Å². The molecule has 0 aromatic rings. The van der Waals surface area contributed by atoms with E-state index in [1.807, 2.05) is 6.08 Å². The Labute approximate surface area is 88.7 Å². The van der Waals surface area contributed by atoms with Gasteiger partial charge in [-0.3, -0.25) is 0 Å². The van der Waals surface area contributed by atoms with E-state index in [0.29, 0.717) is 6.10 Å². The Hall–Kier alpha value is -0.340. The lowest BCUT2D eigenvalue weighted by molar-refractivity contribution is 0.0623. The van der Waals surface area contributed by atoms with Gasteiger partial charge in [0.15, 0.2) is 0 Å². The summed E-state index contributed by atoms with van der Waals surface area (Å²) >= 11 is 0. The van der Waals surface area contributed by atoms with Crippen molar-refractivity contribution in [2.45, 2.75) is 45.6 Å². The Morgan fingerprint density at radius 3 is 2.86 bits per heavy atom. The molecule has 1 N–H and O–H groups in total. The van der Waals surface area contributed by atoms with Crippen LogP contribution in [0, 0.1) is 0 Å².